The maximum Gasteiger partial charge on any atom is 0.243 e. The van der Waals surface area contributed by atoms with Gasteiger partial charge in [0.05, 0.1) is 10.6 Å². The highest BCUT2D eigenvalue weighted by atomic mass is 32.2. The van der Waals surface area contributed by atoms with E-state index in [9.17, 15) is 13.2 Å². The average Bonchev–Trinajstić information content (AvgIpc) is 3.43. The average molecular weight is 646 g/mol. The number of rotatable bonds is 7. The summed E-state index contributed by atoms with van der Waals surface area (Å²) >= 11 is 1.35. The third-order valence-corrected chi connectivity index (χ3v) is 11.8. The summed E-state index contributed by atoms with van der Waals surface area (Å²) in [4.78, 5) is 15.5. The number of hydrogen-bond acceptors (Lipinski definition) is 6. The van der Waals surface area contributed by atoms with Gasteiger partial charge in [-0.3, -0.25) is 9.36 Å². The highest BCUT2D eigenvalue weighted by Gasteiger charge is 2.33. The molecule has 238 valence electrons. The Morgan fingerprint density at radius 2 is 1.40 bits per heavy atom. The van der Waals surface area contributed by atoms with Gasteiger partial charge in [0.15, 0.2) is 11.0 Å². The van der Waals surface area contributed by atoms with Crippen molar-refractivity contribution in [3.05, 3.63) is 88.0 Å². The molecule has 1 aliphatic rings. The van der Waals surface area contributed by atoms with Crippen LogP contribution >= 0.6 is 11.8 Å². The number of carbonyl (C=O) groups excluding carboxylic acids is 1. The van der Waals surface area contributed by atoms with Crippen LogP contribution in [0.25, 0.3) is 17.1 Å². The highest BCUT2D eigenvalue weighted by molar-refractivity contribution is 7.99. The lowest BCUT2D eigenvalue weighted by atomic mass is 9.87. The van der Waals surface area contributed by atoms with E-state index in [4.69, 9.17) is 0 Å². The molecule has 1 aromatic heterocycles. The van der Waals surface area contributed by atoms with Crippen LogP contribution in [0.15, 0.2) is 64.6 Å². The van der Waals surface area contributed by atoms with E-state index in [-0.39, 0.29) is 30.2 Å². The molecule has 2 heterocycles. The summed E-state index contributed by atoms with van der Waals surface area (Å²) in [6.07, 6.45) is 0. The van der Waals surface area contributed by atoms with Crippen molar-refractivity contribution >= 4 is 27.7 Å². The molecule has 45 heavy (non-hydrogen) atoms. The molecule has 0 aliphatic carbocycles. The molecule has 1 saturated heterocycles. The molecule has 0 bridgehead atoms. The van der Waals surface area contributed by atoms with Crippen molar-refractivity contribution in [1.29, 1.82) is 0 Å². The minimum atomic E-state index is -3.68. The van der Waals surface area contributed by atoms with Crippen molar-refractivity contribution in [3.8, 4) is 17.1 Å². The smallest absolute Gasteiger partial charge is 0.243 e. The molecule has 0 N–H and O–H groups in total. The predicted octanol–water partition coefficient (Wildman–Crippen LogP) is 6.40. The molecule has 8 nitrogen and oxygen atoms in total. The third-order valence-electron chi connectivity index (χ3n) is 8.75. The van der Waals surface area contributed by atoms with E-state index < -0.39 is 10.0 Å². The lowest BCUT2D eigenvalue weighted by molar-refractivity contribution is -0.129. The first-order valence-corrected chi connectivity index (χ1v) is 17.7. The van der Waals surface area contributed by atoms with Crippen LogP contribution in [0, 0.1) is 34.6 Å². The van der Waals surface area contributed by atoms with Crippen molar-refractivity contribution in [1.82, 2.24) is 24.0 Å². The number of nitrogens with zero attached hydrogens (tertiary/aromatic N) is 5. The first kappa shape index (κ1) is 32.9. The largest absolute Gasteiger partial charge is 0.339 e. The van der Waals surface area contributed by atoms with Gasteiger partial charge in [-0.15, -0.1) is 10.2 Å². The molecular formula is C35H43N5O3S2. The number of aromatic nitrogens is 3. The van der Waals surface area contributed by atoms with Gasteiger partial charge < -0.3 is 4.90 Å². The Kier molecular flexibility index (Phi) is 9.31. The van der Waals surface area contributed by atoms with Gasteiger partial charge >= 0.3 is 0 Å². The molecule has 3 aromatic carbocycles. The van der Waals surface area contributed by atoms with Crippen molar-refractivity contribution in [2.45, 2.75) is 70.9 Å². The van der Waals surface area contributed by atoms with Crippen molar-refractivity contribution in [2.24, 2.45) is 0 Å². The Morgan fingerprint density at radius 1 is 0.822 bits per heavy atom. The fraction of sp³-hybridized carbons (Fsp3) is 0.400. The SMILES string of the molecule is Cc1ccc(-n2c(SCC(=O)N3CCN(S(=O)(=O)c4c(C)c(C)cc(C)c4C)CC3)nnc2-c2ccc(C(C)(C)C)cc2)cc1. The monoisotopic (exact) mass is 645 g/mol. The standard InChI is InChI=1S/C35H43N5O3S2/c1-23-9-15-30(16-10-23)40-33(28-11-13-29(14-12-28)35(6,7)8)36-37-34(40)44-22-31(41)38-17-19-39(20-18-38)45(42,43)32-26(4)24(2)21-25(3)27(32)5/h9-16,21H,17-20,22H2,1-8H3. The fourth-order valence-corrected chi connectivity index (χ4v) is 8.54. The van der Waals surface area contributed by atoms with E-state index in [0.717, 1.165) is 39.1 Å². The molecule has 1 aliphatic heterocycles. The van der Waals surface area contributed by atoms with Crippen LogP contribution in [0.3, 0.4) is 0 Å². The number of carbonyl (C=O) groups is 1. The van der Waals surface area contributed by atoms with Gasteiger partial charge in [-0.2, -0.15) is 4.31 Å². The zero-order chi connectivity index (χ0) is 32.7. The predicted molar refractivity (Wildman–Crippen MR) is 182 cm³/mol. The van der Waals surface area contributed by atoms with E-state index in [0.29, 0.717) is 29.0 Å². The number of piperazine rings is 1. The molecule has 0 radical (unpaired) electrons. The number of aryl methyl sites for hydroxylation is 3. The van der Waals surface area contributed by atoms with Crippen LogP contribution in [-0.4, -0.2) is 70.2 Å². The lowest BCUT2D eigenvalue weighted by Gasteiger charge is -2.34. The van der Waals surface area contributed by atoms with E-state index in [1.807, 2.05) is 57.4 Å². The van der Waals surface area contributed by atoms with Crippen LogP contribution < -0.4 is 0 Å². The molecule has 5 rings (SSSR count). The Hall–Kier alpha value is -3.47. The summed E-state index contributed by atoms with van der Waals surface area (Å²) in [7, 11) is -3.68. The molecule has 0 unspecified atom stereocenters. The first-order chi connectivity index (χ1) is 21.2. The number of hydrogen-bond donors (Lipinski definition) is 0. The summed E-state index contributed by atoms with van der Waals surface area (Å²) in [5.74, 6) is 0.838. The third kappa shape index (κ3) is 6.73. The molecule has 1 amide bonds. The van der Waals surface area contributed by atoms with E-state index >= 15 is 0 Å². The van der Waals surface area contributed by atoms with Crippen LogP contribution in [-0.2, 0) is 20.2 Å². The summed E-state index contributed by atoms with van der Waals surface area (Å²) in [5.41, 5.74) is 7.79. The number of amides is 1. The van der Waals surface area contributed by atoms with Gasteiger partial charge in [0.2, 0.25) is 15.9 Å². The van der Waals surface area contributed by atoms with E-state index in [2.05, 4.69) is 67.4 Å². The van der Waals surface area contributed by atoms with Gasteiger partial charge in [0.1, 0.15) is 0 Å². The van der Waals surface area contributed by atoms with Crippen molar-refractivity contribution in [3.63, 3.8) is 0 Å². The number of benzene rings is 3. The molecule has 1 fully saturated rings. The quantitative estimate of drug-likeness (QED) is 0.216. The van der Waals surface area contributed by atoms with E-state index in [1.54, 1.807) is 4.90 Å². The maximum atomic E-state index is 13.7. The lowest BCUT2D eigenvalue weighted by Crippen LogP contribution is -2.51. The Labute approximate surface area is 271 Å². The van der Waals surface area contributed by atoms with E-state index in [1.165, 1.54) is 21.6 Å². The Morgan fingerprint density at radius 3 is 1.96 bits per heavy atom. The van der Waals surface area contributed by atoms with Crippen LogP contribution in [0.4, 0.5) is 0 Å². The number of thioether (sulfide) groups is 1. The molecule has 0 atom stereocenters. The molecule has 0 saturated carbocycles. The Balaban J connectivity index is 1.31. The van der Waals surface area contributed by atoms with Gasteiger partial charge in [-0.1, -0.05) is 80.6 Å². The molecule has 10 heteroatoms. The van der Waals surface area contributed by atoms with Crippen LogP contribution in [0.5, 0.6) is 0 Å². The molecule has 0 spiro atoms. The molecule has 4 aromatic rings. The van der Waals surface area contributed by atoms with Gasteiger partial charge in [0, 0.05) is 37.4 Å². The Bertz CT molecular complexity index is 1790. The summed E-state index contributed by atoms with van der Waals surface area (Å²) < 4.78 is 30.9. The maximum absolute atomic E-state index is 13.7. The van der Waals surface area contributed by atoms with Gasteiger partial charge in [0.25, 0.3) is 0 Å². The second kappa shape index (κ2) is 12.7. The minimum absolute atomic E-state index is 0.0394. The summed E-state index contributed by atoms with van der Waals surface area (Å²) in [6, 6.07) is 18.6. The first-order valence-electron chi connectivity index (χ1n) is 15.3. The zero-order valence-corrected chi connectivity index (χ0v) is 29.1. The highest BCUT2D eigenvalue weighted by Crippen LogP contribution is 2.32. The normalized spacial score (nSPS) is 14.6. The second-order valence-corrected chi connectivity index (χ2v) is 15.8. The zero-order valence-electron chi connectivity index (χ0n) is 27.5. The fourth-order valence-electron chi connectivity index (χ4n) is 5.69. The van der Waals surface area contributed by atoms with Gasteiger partial charge in [-0.25, -0.2) is 8.42 Å². The second-order valence-electron chi connectivity index (χ2n) is 13.0. The topological polar surface area (TPSA) is 88.4 Å². The summed E-state index contributed by atoms with van der Waals surface area (Å²) in [6.45, 7) is 17.5. The van der Waals surface area contributed by atoms with Gasteiger partial charge in [-0.05, 0) is 80.0 Å². The van der Waals surface area contributed by atoms with Crippen molar-refractivity contribution < 1.29 is 13.2 Å². The summed E-state index contributed by atoms with van der Waals surface area (Å²) in [5, 5.41) is 9.69. The minimum Gasteiger partial charge on any atom is -0.339 e. The van der Waals surface area contributed by atoms with Crippen LogP contribution in [0.1, 0.15) is 54.2 Å². The molecular weight excluding hydrogens is 603 g/mol. The number of sulfonamides is 1. The van der Waals surface area contributed by atoms with Crippen molar-refractivity contribution in [2.75, 3.05) is 31.9 Å². The van der Waals surface area contributed by atoms with Crippen LogP contribution in [0.2, 0.25) is 0 Å².